The highest BCUT2D eigenvalue weighted by Crippen LogP contribution is 2.34. The Kier molecular flexibility index (Phi) is 6.72. The number of carbonyl (C=O) groups is 1. The van der Waals surface area contributed by atoms with Gasteiger partial charge in [0, 0.05) is 55.4 Å². The highest BCUT2D eigenvalue weighted by atomic mass is 35.5. The van der Waals surface area contributed by atoms with Gasteiger partial charge in [-0.15, -0.1) is 0 Å². The Morgan fingerprint density at radius 1 is 1.19 bits per heavy atom. The molecule has 32 heavy (non-hydrogen) atoms. The molecule has 0 bridgehead atoms. The number of aromatic nitrogens is 2. The fourth-order valence-electron chi connectivity index (χ4n) is 4.24. The van der Waals surface area contributed by atoms with E-state index in [0.29, 0.717) is 11.5 Å². The quantitative estimate of drug-likeness (QED) is 0.605. The number of hydrogen-bond acceptors (Lipinski definition) is 5. The summed E-state index contributed by atoms with van der Waals surface area (Å²) in [5.74, 6) is 0.540. The molecule has 2 N–H and O–H groups in total. The molecule has 166 valence electrons. The second-order valence-electron chi connectivity index (χ2n) is 8.47. The zero-order valence-corrected chi connectivity index (χ0v) is 19.2. The third-order valence-electron chi connectivity index (χ3n) is 5.93. The smallest absolute Gasteiger partial charge is 0.248 e. The van der Waals surface area contributed by atoms with Gasteiger partial charge in [-0.1, -0.05) is 41.9 Å². The van der Waals surface area contributed by atoms with Crippen LogP contribution in [0.4, 0.5) is 5.95 Å². The number of benzene rings is 2. The number of rotatable bonds is 6. The van der Waals surface area contributed by atoms with Crippen molar-refractivity contribution in [2.45, 2.75) is 25.3 Å². The van der Waals surface area contributed by atoms with Gasteiger partial charge in [0.1, 0.15) is 0 Å². The molecule has 2 aromatic carbocycles. The molecule has 0 saturated carbocycles. The van der Waals surface area contributed by atoms with E-state index in [9.17, 15) is 4.79 Å². The normalized spacial score (nSPS) is 16.7. The lowest BCUT2D eigenvalue weighted by Crippen LogP contribution is -2.34. The minimum atomic E-state index is -0.432. The summed E-state index contributed by atoms with van der Waals surface area (Å²) in [6.45, 7) is 2.77. The Labute approximate surface area is 194 Å². The van der Waals surface area contributed by atoms with Crippen LogP contribution in [0.5, 0.6) is 0 Å². The van der Waals surface area contributed by atoms with E-state index in [0.717, 1.165) is 59.9 Å². The summed E-state index contributed by atoms with van der Waals surface area (Å²) in [5, 5.41) is 0.807. The van der Waals surface area contributed by atoms with E-state index in [1.54, 1.807) is 12.1 Å². The molecule has 0 spiro atoms. The number of nitrogens with zero attached hydrogens (tertiary/aromatic N) is 4. The van der Waals surface area contributed by atoms with Crippen LogP contribution in [-0.2, 0) is 6.54 Å². The molecule has 0 unspecified atom stereocenters. The van der Waals surface area contributed by atoms with E-state index in [4.69, 9.17) is 22.3 Å². The minimum absolute atomic E-state index is 0.277. The van der Waals surface area contributed by atoms with Crippen LogP contribution >= 0.6 is 11.6 Å². The highest BCUT2D eigenvalue weighted by molar-refractivity contribution is 6.31. The van der Waals surface area contributed by atoms with Crippen LogP contribution in [0.15, 0.2) is 54.7 Å². The first-order chi connectivity index (χ1) is 15.4. The molecule has 1 aliphatic heterocycles. The Bertz CT molecular complexity index is 1100. The van der Waals surface area contributed by atoms with Gasteiger partial charge in [-0.2, -0.15) is 0 Å². The number of hydrogen-bond donors (Lipinski definition) is 1. The average molecular weight is 450 g/mol. The van der Waals surface area contributed by atoms with Crippen molar-refractivity contribution in [2.75, 3.05) is 32.1 Å². The molecule has 6 nitrogen and oxygen atoms in total. The molecule has 1 atom stereocenters. The molecule has 3 aromatic rings. The third kappa shape index (κ3) is 4.92. The lowest BCUT2D eigenvalue weighted by Gasteiger charge is -2.33. The summed E-state index contributed by atoms with van der Waals surface area (Å²) in [5.41, 5.74) is 10.1. The number of halogens is 1. The molecular weight excluding hydrogens is 422 g/mol. The second-order valence-corrected chi connectivity index (χ2v) is 8.88. The molecule has 1 fully saturated rings. The summed E-state index contributed by atoms with van der Waals surface area (Å²) in [6.07, 6.45) is 4.05. The lowest BCUT2D eigenvalue weighted by atomic mass is 9.89. The molecule has 1 amide bonds. The summed E-state index contributed by atoms with van der Waals surface area (Å²) < 4.78 is 0. The van der Waals surface area contributed by atoms with Gasteiger partial charge >= 0.3 is 0 Å². The number of primary amides is 1. The van der Waals surface area contributed by atoms with Gasteiger partial charge in [0.15, 0.2) is 0 Å². The van der Waals surface area contributed by atoms with Crippen molar-refractivity contribution in [1.82, 2.24) is 14.9 Å². The zero-order chi connectivity index (χ0) is 22.7. The lowest BCUT2D eigenvalue weighted by molar-refractivity contribution is 0.100. The van der Waals surface area contributed by atoms with E-state index in [1.807, 2.05) is 55.5 Å². The predicted molar refractivity (Wildman–Crippen MR) is 129 cm³/mol. The summed E-state index contributed by atoms with van der Waals surface area (Å²) in [4.78, 5) is 25.4. The molecule has 1 aliphatic rings. The monoisotopic (exact) mass is 449 g/mol. The van der Waals surface area contributed by atoms with Crippen LogP contribution < -0.4 is 10.6 Å². The number of anilines is 1. The van der Waals surface area contributed by atoms with Crippen molar-refractivity contribution in [3.05, 3.63) is 76.6 Å². The van der Waals surface area contributed by atoms with Crippen LogP contribution in [0.2, 0.25) is 5.02 Å². The average Bonchev–Trinajstić information content (AvgIpc) is 2.80. The van der Waals surface area contributed by atoms with Gasteiger partial charge in [-0.3, -0.25) is 9.69 Å². The predicted octanol–water partition coefficient (Wildman–Crippen LogP) is 4.34. The van der Waals surface area contributed by atoms with Gasteiger partial charge in [0.2, 0.25) is 11.9 Å². The van der Waals surface area contributed by atoms with Crippen molar-refractivity contribution in [2.24, 2.45) is 5.73 Å². The Morgan fingerprint density at radius 2 is 1.94 bits per heavy atom. The zero-order valence-electron chi connectivity index (χ0n) is 18.5. The molecule has 2 heterocycles. The van der Waals surface area contributed by atoms with Crippen molar-refractivity contribution >= 4 is 23.5 Å². The van der Waals surface area contributed by atoms with E-state index < -0.39 is 5.91 Å². The van der Waals surface area contributed by atoms with E-state index in [-0.39, 0.29) is 5.92 Å². The van der Waals surface area contributed by atoms with Crippen molar-refractivity contribution < 1.29 is 4.79 Å². The topological polar surface area (TPSA) is 75.4 Å². The third-order valence-corrected chi connectivity index (χ3v) is 6.30. The van der Waals surface area contributed by atoms with E-state index >= 15 is 0 Å². The van der Waals surface area contributed by atoms with Crippen molar-refractivity contribution in [3.63, 3.8) is 0 Å². The fraction of sp³-hybridized carbons (Fsp3) is 0.320. The summed E-state index contributed by atoms with van der Waals surface area (Å²) >= 11 is 6.41. The first-order valence-corrected chi connectivity index (χ1v) is 11.2. The second kappa shape index (κ2) is 9.67. The van der Waals surface area contributed by atoms with Crippen molar-refractivity contribution in [3.8, 4) is 11.1 Å². The summed E-state index contributed by atoms with van der Waals surface area (Å²) in [7, 11) is 3.90. The SMILES string of the molecule is CN(C)c1ncc(-c2ccc(C(N)=O)cc2)c([C@@H]2CCCN(Cc3ccccc3Cl)C2)n1. The maximum absolute atomic E-state index is 11.5. The van der Waals surface area contributed by atoms with Crippen LogP contribution in [0.1, 0.15) is 40.4 Å². The largest absolute Gasteiger partial charge is 0.366 e. The van der Waals surface area contributed by atoms with Crippen molar-refractivity contribution in [1.29, 1.82) is 0 Å². The number of amides is 1. The Morgan fingerprint density at radius 3 is 2.62 bits per heavy atom. The van der Waals surface area contributed by atoms with Gasteiger partial charge in [-0.05, 0) is 48.7 Å². The Hall–Kier alpha value is -2.96. The van der Waals surface area contributed by atoms with Crippen LogP contribution in [0, 0.1) is 0 Å². The van der Waals surface area contributed by atoms with E-state index in [1.165, 1.54) is 0 Å². The minimum Gasteiger partial charge on any atom is -0.366 e. The van der Waals surface area contributed by atoms with Gasteiger partial charge in [0.05, 0.1) is 5.69 Å². The maximum atomic E-state index is 11.5. The highest BCUT2D eigenvalue weighted by Gasteiger charge is 2.26. The maximum Gasteiger partial charge on any atom is 0.248 e. The van der Waals surface area contributed by atoms with E-state index in [2.05, 4.69) is 16.0 Å². The molecule has 1 aromatic heterocycles. The number of carbonyl (C=O) groups excluding carboxylic acids is 1. The molecule has 7 heteroatoms. The first-order valence-electron chi connectivity index (χ1n) is 10.8. The van der Waals surface area contributed by atoms with Crippen LogP contribution in [0.25, 0.3) is 11.1 Å². The first kappa shape index (κ1) is 22.2. The number of likely N-dealkylation sites (tertiary alicyclic amines) is 1. The van der Waals surface area contributed by atoms with Gasteiger partial charge in [-0.25, -0.2) is 9.97 Å². The molecule has 0 aliphatic carbocycles. The number of piperidine rings is 1. The van der Waals surface area contributed by atoms with Gasteiger partial charge in [0.25, 0.3) is 0 Å². The molecule has 0 radical (unpaired) electrons. The number of nitrogens with two attached hydrogens (primary N) is 1. The van der Waals surface area contributed by atoms with Crippen LogP contribution in [-0.4, -0.2) is 48.0 Å². The van der Waals surface area contributed by atoms with Gasteiger partial charge < -0.3 is 10.6 Å². The fourth-order valence-corrected chi connectivity index (χ4v) is 4.43. The van der Waals surface area contributed by atoms with Crippen LogP contribution in [0.3, 0.4) is 0 Å². The summed E-state index contributed by atoms with van der Waals surface area (Å²) in [6, 6.07) is 15.4. The molecule has 4 rings (SSSR count). The Balaban J connectivity index is 1.65. The molecular formula is C25H28ClN5O. The standard InChI is InChI=1S/C25H28ClN5O/c1-30(2)25-28-14-21(17-9-11-18(12-10-17)24(27)32)23(29-25)20-7-5-13-31(16-20)15-19-6-3-4-8-22(19)26/h3-4,6,8-12,14,20H,5,7,13,15-16H2,1-2H3,(H2,27,32)/t20-/m1/s1. The molecule has 1 saturated heterocycles.